The summed E-state index contributed by atoms with van der Waals surface area (Å²) in [5.74, 6) is 1.22. The van der Waals surface area contributed by atoms with Crippen LogP contribution in [0.3, 0.4) is 0 Å². The molecule has 0 amide bonds. The van der Waals surface area contributed by atoms with Crippen molar-refractivity contribution in [3.8, 4) is 11.5 Å². The maximum Gasteiger partial charge on any atom is 0.263 e. The highest BCUT2D eigenvalue weighted by molar-refractivity contribution is 5.76. The summed E-state index contributed by atoms with van der Waals surface area (Å²) in [6.45, 7) is 1.75. The second-order valence-corrected chi connectivity index (χ2v) is 4.92. The molecule has 24 heavy (non-hydrogen) atoms. The van der Waals surface area contributed by atoms with Crippen LogP contribution in [0.15, 0.2) is 35.5 Å². The molecule has 0 aliphatic rings. The fraction of sp³-hybridized carbons (Fsp3) is 0.294. The van der Waals surface area contributed by atoms with Crippen LogP contribution in [0.1, 0.15) is 28.9 Å². The van der Waals surface area contributed by atoms with Crippen molar-refractivity contribution in [3.05, 3.63) is 52.8 Å². The standard InChI is InChI=1S/C17H18F2N2O3/c1-11-7-12(17(18)19)8-13(21-11)9-20-24-10-14-15(22-2)5-4-6-16(14)23-3/h4-9,17H,10H2,1-3H3/b20-9+. The van der Waals surface area contributed by atoms with E-state index in [0.29, 0.717) is 28.5 Å². The molecule has 0 aliphatic carbocycles. The summed E-state index contributed by atoms with van der Waals surface area (Å²) in [6, 6.07) is 7.97. The Morgan fingerprint density at radius 3 is 2.42 bits per heavy atom. The highest BCUT2D eigenvalue weighted by atomic mass is 19.3. The number of rotatable bonds is 7. The van der Waals surface area contributed by atoms with Gasteiger partial charge in [-0.05, 0) is 31.2 Å². The Labute approximate surface area is 138 Å². The fourth-order valence-corrected chi connectivity index (χ4v) is 2.18. The normalized spacial score (nSPS) is 11.1. The van der Waals surface area contributed by atoms with Gasteiger partial charge in [0.1, 0.15) is 18.1 Å². The molecule has 1 heterocycles. The molecule has 0 radical (unpaired) electrons. The van der Waals surface area contributed by atoms with Crippen LogP contribution in [-0.2, 0) is 11.4 Å². The van der Waals surface area contributed by atoms with Crippen molar-refractivity contribution < 1.29 is 23.1 Å². The molecule has 2 aromatic rings. The third-order valence-corrected chi connectivity index (χ3v) is 3.25. The van der Waals surface area contributed by atoms with Gasteiger partial charge in [-0.15, -0.1) is 0 Å². The smallest absolute Gasteiger partial charge is 0.263 e. The monoisotopic (exact) mass is 336 g/mol. The Balaban J connectivity index is 2.08. The molecule has 1 aromatic heterocycles. The highest BCUT2D eigenvalue weighted by Gasteiger charge is 2.11. The summed E-state index contributed by atoms with van der Waals surface area (Å²) in [6.07, 6.45) is -1.27. The largest absolute Gasteiger partial charge is 0.496 e. The molecule has 0 aliphatic heterocycles. The minimum Gasteiger partial charge on any atom is -0.496 e. The minimum atomic E-state index is -2.56. The lowest BCUT2D eigenvalue weighted by Gasteiger charge is -2.11. The van der Waals surface area contributed by atoms with Crippen molar-refractivity contribution >= 4 is 6.21 Å². The SMILES string of the molecule is COc1cccc(OC)c1CO/N=C/c1cc(C(F)F)cc(C)n1. The molecule has 5 nitrogen and oxygen atoms in total. The highest BCUT2D eigenvalue weighted by Crippen LogP contribution is 2.28. The molecule has 0 bridgehead atoms. The second kappa shape index (κ2) is 8.24. The molecule has 0 spiro atoms. The molecule has 128 valence electrons. The lowest BCUT2D eigenvalue weighted by Crippen LogP contribution is -1.99. The number of aryl methyl sites for hydroxylation is 1. The van der Waals surface area contributed by atoms with Crippen molar-refractivity contribution in [1.82, 2.24) is 4.98 Å². The molecule has 7 heteroatoms. The Morgan fingerprint density at radius 1 is 1.17 bits per heavy atom. The summed E-state index contributed by atoms with van der Waals surface area (Å²) < 4.78 is 36.1. The molecule has 0 unspecified atom stereocenters. The molecule has 0 N–H and O–H groups in total. The minimum absolute atomic E-state index is 0.102. The average Bonchev–Trinajstić information content (AvgIpc) is 2.57. The van der Waals surface area contributed by atoms with Crippen molar-refractivity contribution in [2.75, 3.05) is 14.2 Å². The predicted octanol–water partition coefficient (Wildman–Crippen LogP) is 3.90. The van der Waals surface area contributed by atoms with E-state index >= 15 is 0 Å². The number of oxime groups is 1. The predicted molar refractivity (Wildman–Crippen MR) is 85.9 cm³/mol. The molecule has 0 atom stereocenters. The number of hydrogen-bond acceptors (Lipinski definition) is 5. The number of ether oxygens (including phenoxy) is 2. The number of pyridine rings is 1. The third kappa shape index (κ3) is 4.41. The summed E-state index contributed by atoms with van der Waals surface area (Å²) in [5.41, 5.74) is 1.39. The lowest BCUT2D eigenvalue weighted by molar-refractivity contribution is 0.127. The molecule has 2 rings (SSSR count). The van der Waals surface area contributed by atoms with Crippen LogP contribution in [0.5, 0.6) is 11.5 Å². The lowest BCUT2D eigenvalue weighted by atomic mass is 10.2. The Morgan fingerprint density at radius 2 is 1.83 bits per heavy atom. The first kappa shape index (κ1) is 17.7. The van der Waals surface area contributed by atoms with Crippen LogP contribution in [0.25, 0.3) is 0 Å². The number of benzene rings is 1. The van der Waals surface area contributed by atoms with E-state index in [1.807, 2.05) is 0 Å². The first-order valence-corrected chi connectivity index (χ1v) is 7.17. The molecule has 0 saturated heterocycles. The number of alkyl halides is 2. The van der Waals surface area contributed by atoms with Crippen molar-refractivity contribution in [2.45, 2.75) is 20.0 Å². The van der Waals surface area contributed by atoms with Gasteiger partial charge in [0.15, 0.2) is 0 Å². The van der Waals surface area contributed by atoms with E-state index in [2.05, 4.69) is 10.1 Å². The van der Waals surface area contributed by atoms with Crippen LogP contribution < -0.4 is 9.47 Å². The van der Waals surface area contributed by atoms with Gasteiger partial charge < -0.3 is 14.3 Å². The molecular formula is C17H18F2N2O3. The van der Waals surface area contributed by atoms with Crippen molar-refractivity contribution in [1.29, 1.82) is 0 Å². The van der Waals surface area contributed by atoms with E-state index in [9.17, 15) is 8.78 Å². The third-order valence-electron chi connectivity index (χ3n) is 3.25. The first-order chi connectivity index (χ1) is 11.5. The van der Waals surface area contributed by atoms with E-state index < -0.39 is 6.43 Å². The van der Waals surface area contributed by atoms with Gasteiger partial charge >= 0.3 is 0 Å². The zero-order valence-corrected chi connectivity index (χ0v) is 13.6. The van der Waals surface area contributed by atoms with E-state index in [1.54, 1.807) is 39.3 Å². The van der Waals surface area contributed by atoms with Gasteiger partial charge in [-0.1, -0.05) is 11.2 Å². The number of nitrogens with zero attached hydrogens (tertiary/aromatic N) is 2. The second-order valence-electron chi connectivity index (χ2n) is 4.92. The van der Waals surface area contributed by atoms with Gasteiger partial charge in [-0.25, -0.2) is 8.78 Å². The number of halogens is 2. The van der Waals surface area contributed by atoms with Crippen LogP contribution in [0.4, 0.5) is 8.78 Å². The van der Waals surface area contributed by atoms with Crippen LogP contribution in [0, 0.1) is 6.92 Å². The Bertz CT molecular complexity index is 699. The Kier molecular flexibility index (Phi) is 6.06. The average molecular weight is 336 g/mol. The van der Waals surface area contributed by atoms with Crippen LogP contribution in [0.2, 0.25) is 0 Å². The molecule has 0 fully saturated rings. The number of aromatic nitrogens is 1. The number of hydrogen-bond donors (Lipinski definition) is 0. The van der Waals surface area contributed by atoms with Gasteiger partial charge in [0.2, 0.25) is 0 Å². The molecule has 0 saturated carbocycles. The van der Waals surface area contributed by atoms with Gasteiger partial charge in [0.05, 0.1) is 31.7 Å². The van der Waals surface area contributed by atoms with E-state index in [4.69, 9.17) is 14.3 Å². The first-order valence-electron chi connectivity index (χ1n) is 7.17. The van der Waals surface area contributed by atoms with Crippen molar-refractivity contribution in [2.24, 2.45) is 5.16 Å². The zero-order chi connectivity index (χ0) is 17.5. The summed E-state index contributed by atoms with van der Waals surface area (Å²) in [7, 11) is 3.09. The van der Waals surface area contributed by atoms with Gasteiger partial charge in [-0.3, -0.25) is 4.98 Å². The van der Waals surface area contributed by atoms with Gasteiger partial charge in [0.25, 0.3) is 6.43 Å². The van der Waals surface area contributed by atoms with E-state index in [-0.39, 0.29) is 12.2 Å². The van der Waals surface area contributed by atoms with Gasteiger partial charge in [-0.2, -0.15) is 0 Å². The summed E-state index contributed by atoms with van der Waals surface area (Å²) in [5, 5.41) is 3.79. The summed E-state index contributed by atoms with van der Waals surface area (Å²) >= 11 is 0. The maximum absolute atomic E-state index is 12.8. The van der Waals surface area contributed by atoms with E-state index in [1.165, 1.54) is 18.3 Å². The van der Waals surface area contributed by atoms with Crippen molar-refractivity contribution in [3.63, 3.8) is 0 Å². The Hall–Kier alpha value is -2.70. The fourth-order valence-electron chi connectivity index (χ4n) is 2.18. The molecular weight excluding hydrogens is 318 g/mol. The van der Waals surface area contributed by atoms with Gasteiger partial charge in [0, 0.05) is 11.3 Å². The van der Waals surface area contributed by atoms with Crippen LogP contribution in [-0.4, -0.2) is 25.4 Å². The quantitative estimate of drug-likeness (QED) is 0.568. The van der Waals surface area contributed by atoms with E-state index in [0.717, 1.165) is 0 Å². The molecule has 1 aromatic carbocycles. The topological polar surface area (TPSA) is 52.9 Å². The maximum atomic E-state index is 12.8. The number of methoxy groups -OCH3 is 2. The summed E-state index contributed by atoms with van der Waals surface area (Å²) in [4.78, 5) is 9.35. The zero-order valence-electron chi connectivity index (χ0n) is 13.6. The van der Waals surface area contributed by atoms with Crippen LogP contribution >= 0.6 is 0 Å².